The van der Waals surface area contributed by atoms with Crippen molar-refractivity contribution < 1.29 is 8.78 Å². The summed E-state index contributed by atoms with van der Waals surface area (Å²) < 4.78 is 26.5. The van der Waals surface area contributed by atoms with Crippen LogP contribution in [0.15, 0.2) is 30.5 Å². The molecule has 2 N–H and O–H groups in total. The van der Waals surface area contributed by atoms with E-state index in [4.69, 9.17) is 0 Å². The summed E-state index contributed by atoms with van der Waals surface area (Å²) in [5.41, 5.74) is 0.131. The van der Waals surface area contributed by atoms with E-state index in [1.807, 2.05) is 14.1 Å². The summed E-state index contributed by atoms with van der Waals surface area (Å²) >= 11 is 0. The van der Waals surface area contributed by atoms with Crippen LogP contribution in [0.3, 0.4) is 0 Å². The van der Waals surface area contributed by atoms with E-state index in [0.29, 0.717) is 5.82 Å². The van der Waals surface area contributed by atoms with E-state index in [2.05, 4.69) is 25.5 Å². The Bertz CT molecular complexity index is 619. The van der Waals surface area contributed by atoms with Crippen molar-refractivity contribution in [3.05, 3.63) is 42.1 Å². The highest BCUT2D eigenvalue weighted by atomic mass is 19.1. The van der Waals surface area contributed by atoms with Crippen molar-refractivity contribution in [3.8, 4) is 0 Å². The Kier molecular flexibility index (Phi) is 5.60. The fourth-order valence-electron chi connectivity index (χ4n) is 1.84. The first-order valence-corrected chi connectivity index (χ1v) is 6.98. The Hall–Kier alpha value is -2.28. The first kappa shape index (κ1) is 16.1. The molecule has 0 fully saturated rings. The topological polar surface area (TPSA) is 53.1 Å². The van der Waals surface area contributed by atoms with Gasteiger partial charge in [0.1, 0.15) is 17.5 Å². The molecular formula is C15H19F2N5. The second-order valence-corrected chi connectivity index (χ2v) is 5.10. The predicted octanol–water partition coefficient (Wildman–Crippen LogP) is 2.86. The highest BCUT2D eigenvalue weighted by molar-refractivity contribution is 5.55. The van der Waals surface area contributed by atoms with E-state index >= 15 is 0 Å². The van der Waals surface area contributed by atoms with Gasteiger partial charge >= 0.3 is 0 Å². The van der Waals surface area contributed by atoms with Gasteiger partial charge in [0.25, 0.3) is 0 Å². The average Bonchev–Trinajstić information content (AvgIpc) is 2.47. The van der Waals surface area contributed by atoms with Crippen LogP contribution in [0.25, 0.3) is 0 Å². The zero-order valence-electron chi connectivity index (χ0n) is 12.6. The summed E-state index contributed by atoms with van der Waals surface area (Å²) in [7, 11) is 4.04. The van der Waals surface area contributed by atoms with E-state index < -0.39 is 11.6 Å². The van der Waals surface area contributed by atoms with Crippen molar-refractivity contribution in [1.29, 1.82) is 0 Å². The van der Waals surface area contributed by atoms with Crippen molar-refractivity contribution in [2.75, 3.05) is 37.8 Å². The Labute approximate surface area is 128 Å². The van der Waals surface area contributed by atoms with Crippen LogP contribution in [0.2, 0.25) is 0 Å². The molecule has 118 valence electrons. The maximum absolute atomic E-state index is 13.6. The molecule has 1 heterocycles. The first-order valence-electron chi connectivity index (χ1n) is 6.98. The van der Waals surface area contributed by atoms with Gasteiger partial charge < -0.3 is 15.5 Å². The molecular weight excluding hydrogens is 288 g/mol. The van der Waals surface area contributed by atoms with Crippen LogP contribution in [-0.4, -0.2) is 42.1 Å². The van der Waals surface area contributed by atoms with Gasteiger partial charge in [-0.1, -0.05) is 0 Å². The molecule has 5 nitrogen and oxygen atoms in total. The fraction of sp³-hybridized carbons (Fsp3) is 0.333. The lowest BCUT2D eigenvalue weighted by atomic mass is 10.3. The lowest BCUT2D eigenvalue weighted by Crippen LogP contribution is -2.16. The maximum atomic E-state index is 13.6. The van der Waals surface area contributed by atoms with Gasteiger partial charge in [-0.05, 0) is 45.3 Å². The van der Waals surface area contributed by atoms with Gasteiger partial charge in [-0.3, -0.25) is 0 Å². The van der Waals surface area contributed by atoms with Gasteiger partial charge in [0, 0.05) is 18.8 Å². The molecule has 1 aromatic carbocycles. The lowest BCUT2D eigenvalue weighted by molar-refractivity contribution is 0.405. The number of benzene rings is 1. The molecule has 0 aliphatic carbocycles. The van der Waals surface area contributed by atoms with Crippen molar-refractivity contribution in [3.63, 3.8) is 0 Å². The molecule has 2 aromatic rings. The summed E-state index contributed by atoms with van der Waals surface area (Å²) in [5, 5.41) is 5.91. The highest BCUT2D eigenvalue weighted by Gasteiger charge is 2.06. The normalized spacial score (nSPS) is 10.8. The number of anilines is 3. The number of nitrogens with one attached hydrogen (secondary N) is 2. The quantitative estimate of drug-likeness (QED) is 0.770. The van der Waals surface area contributed by atoms with Crippen LogP contribution < -0.4 is 10.6 Å². The molecule has 0 saturated carbocycles. The van der Waals surface area contributed by atoms with Crippen molar-refractivity contribution in [2.45, 2.75) is 6.42 Å². The molecule has 7 heteroatoms. The number of rotatable bonds is 7. The summed E-state index contributed by atoms with van der Waals surface area (Å²) in [6.45, 7) is 1.75. The van der Waals surface area contributed by atoms with Gasteiger partial charge in [0.05, 0.1) is 5.69 Å². The molecule has 0 saturated heterocycles. The summed E-state index contributed by atoms with van der Waals surface area (Å²) in [5.74, 6) is -0.407. The minimum absolute atomic E-state index is 0.131. The summed E-state index contributed by atoms with van der Waals surface area (Å²) in [6.07, 6.45) is 2.55. The lowest BCUT2D eigenvalue weighted by Gasteiger charge is -2.11. The molecule has 0 radical (unpaired) electrons. The number of halogens is 2. The van der Waals surface area contributed by atoms with Crippen LogP contribution in [0.1, 0.15) is 6.42 Å². The second-order valence-electron chi connectivity index (χ2n) is 5.10. The third-order valence-corrected chi connectivity index (χ3v) is 2.92. The first-order chi connectivity index (χ1) is 10.5. The van der Waals surface area contributed by atoms with Crippen LogP contribution in [-0.2, 0) is 0 Å². The SMILES string of the molecule is CN(C)CCCNc1ccnc(Nc2ccc(F)cc2F)n1. The van der Waals surface area contributed by atoms with Gasteiger partial charge in [-0.15, -0.1) is 0 Å². The van der Waals surface area contributed by atoms with Crippen LogP contribution in [0.5, 0.6) is 0 Å². The van der Waals surface area contributed by atoms with Crippen molar-refractivity contribution in [1.82, 2.24) is 14.9 Å². The van der Waals surface area contributed by atoms with Gasteiger partial charge in [0.2, 0.25) is 5.95 Å². The number of nitrogens with zero attached hydrogens (tertiary/aromatic N) is 3. The Balaban J connectivity index is 1.96. The minimum Gasteiger partial charge on any atom is -0.370 e. The molecule has 0 atom stereocenters. The fourth-order valence-corrected chi connectivity index (χ4v) is 1.84. The third kappa shape index (κ3) is 4.92. The average molecular weight is 307 g/mol. The zero-order valence-corrected chi connectivity index (χ0v) is 12.6. The molecule has 0 aliphatic heterocycles. The number of aromatic nitrogens is 2. The predicted molar refractivity (Wildman–Crippen MR) is 83.3 cm³/mol. The van der Waals surface area contributed by atoms with Crippen molar-refractivity contribution in [2.24, 2.45) is 0 Å². The summed E-state index contributed by atoms with van der Waals surface area (Å²) in [6, 6.07) is 5.04. The van der Waals surface area contributed by atoms with Crippen LogP contribution in [0.4, 0.5) is 26.2 Å². The Morgan fingerprint density at radius 1 is 1.18 bits per heavy atom. The second kappa shape index (κ2) is 7.65. The zero-order chi connectivity index (χ0) is 15.9. The number of hydrogen-bond donors (Lipinski definition) is 2. The molecule has 0 unspecified atom stereocenters. The van der Waals surface area contributed by atoms with Gasteiger partial charge in [-0.25, -0.2) is 13.8 Å². The molecule has 0 bridgehead atoms. The van der Waals surface area contributed by atoms with Gasteiger partial charge in [-0.2, -0.15) is 4.98 Å². The van der Waals surface area contributed by atoms with Crippen molar-refractivity contribution >= 4 is 17.5 Å². The van der Waals surface area contributed by atoms with Gasteiger partial charge in [0.15, 0.2) is 0 Å². The van der Waals surface area contributed by atoms with E-state index in [9.17, 15) is 8.78 Å². The molecule has 0 aliphatic rings. The molecule has 1 aromatic heterocycles. The van der Waals surface area contributed by atoms with E-state index in [-0.39, 0.29) is 11.6 Å². The third-order valence-electron chi connectivity index (χ3n) is 2.92. The standard InChI is InChI=1S/C15H19F2N5/c1-22(2)9-3-7-18-14-6-8-19-15(21-14)20-13-5-4-11(16)10-12(13)17/h4-6,8,10H,3,7,9H2,1-2H3,(H2,18,19,20,21). The molecule has 2 rings (SSSR count). The molecule has 0 amide bonds. The summed E-state index contributed by atoms with van der Waals surface area (Å²) in [4.78, 5) is 10.4. The molecule has 22 heavy (non-hydrogen) atoms. The number of hydrogen-bond acceptors (Lipinski definition) is 5. The maximum Gasteiger partial charge on any atom is 0.229 e. The van der Waals surface area contributed by atoms with E-state index in [1.54, 1.807) is 12.3 Å². The highest BCUT2D eigenvalue weighted by Crippen LogP contribution is 2.18. The monoisotopic (exact) mass is 307 g/mol. The van der Waals surface area contributed by atoms with Crippen LogP contribution >= 0.6 is 0 Å². The van der Waals surface area contributed by atoms with E-state index in [1.165, 1.54) is 12.1 Å². The Morgan fingerprint density at radius 2 is 2.00 bits per heavy atom. The smallest absolute Gasteiger partial charge is 0.229 e. The largest absolute Gasteiger partial charge is 0.370 e. The van der Waals surface area contributed by atoms with E-state index in [0.717, 1.165) is 25.6 Å². The molecule has 0 spiro atoms. The minimum atomic E-state index is -0.687. The Morgan fingerprint density at radius 3 is 2.73 bits per heavy atom. The van der Waals surface area contributed by atoms with Crippen LogP contribution in [0, 0.1) is 11.6 Å².